The minimum absolute atomic E-state index is 0.199. The first kappa shape index (κ1) is 15.1. The summed E-state index contributed by atoms with van der Waals surface area (Å²) in [6.07, 6.45) is 7.93. The number of halogens is 2. The second-order valence-electron chi connectivity index (χ2n) is 8.00. The minimum Gasteiger partial charge on any atom is -0.422 e. The highest BCUT2D eigenvalue weighted by molar-refractivity contribution is 5.79. The van der Waals surface area contributed by atoms with Crippen molar-refractivity contribution in [1.29, 1.82) is 0 Å². The Morgan fingerprint density at radius 2 is 1.52 bits per heavy atom. The molecule has 0 saturated heterocycles. The van der Waals surface area contributed by atoms with E-state index in [4.69, 9.17) is 4.74 Å². The van der Waals surface area contributed by atoms with Crippen molar-refractivity contribution < 1.29 is 18.3 Å². The first-order valence-electron chi connectivity index (χ1n) is 8.55. The Morgan fingerprint density at radius 1 is 1.04 bits per heavy atom. The van der Waals surface area contributed by atoms with Crippen LogP contribution in [0.3, 0.4) is 0 Å². The summed E-state index contributed by atoms with van der Waals surface area (Å²) in [7, 11) is 0. The monoisotopic (exact) mass is 320 g/mol. The van der Waals surface area contributed by atoms with Gasteiger partial charge in [0.15, 0.2) is 0 Å². The molecule has 124 valence electrons. The van der Waals surface area contributed by atoms with E-state index < -0.39 is 11.9 Å². The van der Waals surface area contributed by atoms with Gasteiger partial charge in [-0.05, 0) is 79.4 Å². The number of carbonyl (C=O) groups excluding carboxylic acids is 1. The van der Waals surface area contributed by atoms with E-state index in [-0.39, 0.29) is 11.2 Å². The van der Waals surface area contributed by atoms with Gasteiger partial charge in [0.25, 0.3) is 0 Å². The molecule has 0 spiro atoms. The van der Waals surface area contributed by atoms with E-state index >= 15 is 0 Å². The summed E-state index contributed by atoms with van der Waals surface area (Å²) in [6.45, 7) is 0.555. The van der Waals surface area contributed by atoms with Gasteiger partial charge in [0.2, 0.25) is 0 Å². The Balaban J connectivity index is 1.54. The number of alkyl halides is 2. The predicted molar refractivity (Wildman–Crippen MR) is 82.5 cm³/mol. The zero-order valence-electron chi connectivity index (χ0n) is 13.4. The van der Waals surface area contributed by atoms with Gasteiger partial charge in [-0.2, -0.15) is 8.78 Å². The van der Waals surface area contributed by atoms with Crippen LogP contribution in [-0.4, -0.2) is 11.9 Å². The molecule has 4 bridgehead atoms. The number of carbonyl (C=O) groups is 1. The number of hydrogen-bond acceptors (Lipinski definition) is 2. The van der Waals surface area contributed by atoms with Gasteiger partial charge in [0.1, 0.15) is 5.75 Å². The van der Waals surface area contributed by atoms with Crippen LogP contribution >= 0.6 is 0 Å². The first-order valence-corrected chi connectivity index (χ1v) is 8.55. The van der Waals surface area contributed by atoms with Gasteiger partial charge in [-0.15, -0.1) is 0 Å². The molecule has 0 atom stereocenters. The highest BCUT2D eigenvalue weighted by atomic mass is 19.3. The molecule has 0 aromatic heterocycles. The molecule has 4 fully saturated rings. The van der Waals surface area contributed by atoms with E-state index in [1.807, 2.05) is 12.1 Å². The van der Waals surface area contributed by atoms with Crippen LogP contribution in [-0.2, 0) is 10.2 Å². The van der Waals surface area contributed by atoms with Crippen molar-refractivity contribution in [2.24, 2.45) is 17.8 Å². The quantitative estimate of drug-likeness (QED) is 0.595. The SMILES string of the molecule is CC(F)(F)C(=O)Oc1ccc(C23CC4CC(CC(C4)C2)C3)cc1. The molecule has 5 rings (SSSR count). The fourth-order valence-corrected chi connectivity index (χ4v) is 5.54. The highest BCUT2D eigenvalue weighted by Crippen LogP contribution is 2.60. The normalized spacial score (nSPS) is 35.3. The third-order valence-corrected chi connectivity index (χ3v) is 6.07. The van der Waals surface area contributed by atoms with Crippen molar-refractivity contribution in [2.45, 2.75) is 56.8 Å². The summed E-state index contributed by atoms with van der Waals surface area (Å²) in [5.74, 6) is -2.18. The summed E-state index contributed by atoms with van der Waals surface area (Å²) in [5, 5.41) is 0. The molecule has 23 heavy (non-hydrogen) atoms. The molecule has 4 heteroatoms. The molecule has 0 unspecified atom stereocenters. The van der Waals surface area contributed by atoms with Crippen molar-refractivity contribution in [3.63, 3.8) is 0 Å². The van der Waals surface area contributed by atoms with Gasteiger partial charge in [0, 0.05) is 6.92 Å². The van der Waals surface area contributed by atoms with E-state index in [0.717, 1.165) is 17.8 Å². The van der Waals surface area contributed by atoms with Crippen molar-refractivity contribution >= 4 is 5.97 Å². The summed E-state index contributed by atoms with van der Waals surface area (Å²) in [5.41, 5.74) is 1.56. The number of benzene rings is 1. The second-order valence-corrected chi connectivity index (χ2v) is 8.00. The summed E-state index contributed by atoms with van der Waals surface area (Å²) < 4.78 is 30.6. The molecule has 0 radical (unpaired) electrons. The van der Waals surface area contributed by atoms with Gasteiger partial charge in [-0.25, -0.2) is 4.79 Å². The summed E-state index contributed by atoms with van der Waals surface area (Å²) >= 11 is 0. The van der Waals surface area contributed by atoms with Crippen molar-refractivity contribution in [1.82, 2.24) is 0 Å². The first-order chi connectivity index (χ1) is 10.8. The third kappa shape index (κ3) is 2.66. The van der Waals surface area contributed by atoms with Crippen molar-refractivity contribution in [3.8, 4) is 5.75 Å². The molecular weight excluding hydrogens is 298 g/mol. The van der Waals surface area contributed by atoms with E-state index in [1.165, 1.54) is 44.1 Å². The van der Waals surface area contributed by atoms with Gasteiger partial charge >= 0.3 is 11.9 Å². The third-order valence-electron chi connectivity index (χ3n) is 6.07. The molecule has 0 N–H and O–H groups in total. The molecule has 4 aliphatic rings. The minimum atomic E-state index is -3.46. The standard InChI is InChI=1S/C19H22F2O2/c1-18(20,21)17(22)23-16-4-2-15(3-5-16)19-9-12-6-13(10-19)8-14(7-12)11-19/h2-5,12-14H,6-11H2,1H3. The average Bonchev–Trinajstić information content (AvgIpc) is 2.45. The second kappa shape index (κ2) is 5.02. The van der Waals surface area contributed by atoms with Crippen LogP contribution in [0.1, 0.15) is 51.0 Å². The molecule has 0 aliphatic heterocycles. The maximum atomic E-state index is 12.9. The van der Waals surface area contributed by atoms with Gasteiger partial charge < -0.3 is 4.74 Å². The topological polar surface area (TPSA) is 26.3 Å². The lowest BCUT2D eigenvalue weighted by atomic mass is 9.48. The van der Waals surface area contributed by atoms with Crippen molar-refractivity contribution in [2.75, 3.05) is 0 Å². The van der Waals surface area contributed by atoms with Gasteiger partial charge in [0.05, 0.1) is 0 Å². The van der Waals surface area contributed by atoms with Crippen LogP contribution in [0.2, 0.25) is 0 Å². The van der Waals surface area contributed by atoms with Crippen LogP contribution in [0, 0.1) is 17.8 Å². The molecule has 2 nitrogen and oxygen atoms in total. The Labute approximate surface area is 135 Å². The van der Waals surface area contributed by atoms with Crippen LogP contribution in [0.5, 0.6) is 5.75 Å². The van der Waals surface area contributed by atoms with Crippen LogP contribution in [0.15, 0.2) is 24.3 Å². The van der Waals surface area contributed by atoms with Gasteiger partial charge in [-0.3, -0.25) is 0 Å². The Kier molecular flexibility index (Phi) is 3.30. The lowest BCUT2D eigenvalue weighted by Crippen LogP contribution is -2.48. The smallest absolute Gasteiger partial charge is 0.382 e. The van der Waals surface area contributed by atoms with E-state index in [2.05, 4.69) is 0 Å². The maximum absolute atomic E-state index is 12.9. The fraction of sp³-hybridized carbons (Fsp3) is 0.632. The highest BCUT2D eigenvalue weighted by Gasteiger charge is 2.51. The van der Waals surface area contributed by atoms with E-state index in [1.54, 1.807) is 12.1 Å². The summed E-state index contributed by atoms with van der Waals surface area (Å²) in [4.78, 5) is 11.3. The van der Waals surface area contributed by atoms with Crippen LogP contribution in [0.25, 0.3) is 0 Å². The lowest BCUT2D eigenvalue weighted by Gasteiger charge is -2.57. The molecule has 1 aromatic carbocycles. The zero-order chi connectivity index (χ0) is 16.2. The average molecular weight is 320 g/mol. The molecule has 4 aliphatic carbocycles. The van der Waals surface area contributed by atoms with Crippen molar-refractivity contribution in [3.05, 3.63) is 29.8 Å². The molecular formula is C19H22F2O2. The van der Waals surface area contributed by atoms with E-state index in [9.17, 15) is 13.6 Å². The molecule has 0 amide bonds. The molecule has 4 saturated carbocycles. The number of esters is 1. The fourth-order valence-electron chi connectivity index (χ4n) is 5.54. The largest absolute Gasteiger partial charge is 0.422 e. The van der Waals surface area contributed by atoms with E-state index in [0.29, 0.717) is 6.92 Å². The lowest BCUT2D eigenvalue weighted by molar-refractivity contribution is -0.158. The zero-order valence-corrected chi connectivity index (χ0v) is 13.4. The maximum Gasteiger partial charge on any atom is 0.382 e. The Morgan fingerprint density at radius 3 is 1.96 bits per heavy atom. The number of hydrogen-bond donors (Lipinski definition) is 0. The molecule has 1 aromatic rings. The number of ether oxygens (including phenoxy) is 1. The molecule has 0 heterocycles. The van der Waals surface area contributed by atoms with Crippen LogP contribution < -0.4 is 4.74 Å². The van der Waals surface area contributed by atoms with Crippen LogP contribution in [0.4, 0.5) is 8.78 Å². The Bertz CT molecular complexity index is 580. The van der Waals surface area contributed by atoms with Gasteiger partial charge in [-0.1, -0.05) is 12.1 Å². The number of rotatable bonds is 3. The summed E-state index contributed by atoms with van der Waals surface area (Å²) in [6, 6.07) is 7.28. The Hall–Kier alpha value is -1.45. The predicted octanol–water partition coefficient (Wildman–Crippen LogP) is 4.72.